The largest absolute Gasteiger partial charge is 0.456 e. The van der Waals surface area contributed by atoms with Crippen molar-refractivity contribution in [2.75, 3.05) is 4.90 Å². The van der Waals surface area contributed by atoms with Crippen LogP contribution in [-0.2, 0) is 5.41 Å². The molecule has 0 spiro atoms. The molecular formula is C49H33NO. The van der Waals surface area contributed by atoms with Gasteiger partial charge in [0, 0.05) is 39.3 Å². The third-order valence-electron chi connectivity index (χ3n) is 11.4. The monoisotopic (exact) mass is 651 g/mol. The lowest BCUT2D eigenvalue weighted by molar-refractivity contribution is 0.660. The predicted octanol–water partition coefficient (Wildman–Crippen LogP) is 14.0. The van der Waals surface area contributed by atoms with Gasteiger partial charge in [-0.25, -0.2) is 0 Å². The second kappa shape index (κ2) is 10.3. The van der Waals surface area contributed by atoms with E-state index in [4.69, 9.17) is 4.42 Å². The first-order valence-corrected chi connectivity index (χ1v) is 17.8. The number of para-hydroxylation sites is 1. The minimum Gasteiger partial charge on any atom is -0.456 e. The highest BCUT2D eigenvalue weighted by atomic mass is 16.3. The number of fused-ring (bicyclic) bond motifs is 13. The summed E-state index contributed by atoms with van der Waals surface area (Å²) in [7, 11) is 0. The van der Waals surface area contributed by atoms with Crippen molar-refractivity contribution in [1.29, 1.82) is 0 Å². The molecule has 10 aromatic rings. The van der Waals surface area contributed by atoms with Gasteiger partial charge in [0.2, 0.25) is 0 Å². The maximum absolute atomic E-state index is 6.45. The second-order valence-corrected chi connectivity index (χ2v) is 14.5. The Morgan fingerprint density at radius 1 is 0.392 bits per heavy atom. The van der Waals surface area contributed by atoms with Crippen LogP contribution in [0, 0.1) is 0 Å². The Hall–Kier alpha value is -6.38. The Bertz CT molecular complexity index is 3060. The molecule has 0 atom stereocenters. The summed E-state index contributed by atoms with van der Waals surface area (Å²) in [5.41, 5.74) is 10.4. The van der Waals surface area contributed by atoms with Crippen LogP contribution in [-0.4, -0.2) is 0 Å². The second-order valence-electron chi connectivity index (χ2n) is 14.5. The highest BCUT2D eigenvalue weighted by Crippen LogP contribution is 2.51. The van der Waals surface area contributed by atoms with Gasteiger partial charge < -0.3 is 9.32 Å². The normalized spacial score (nSPS) is 13.5. The third-order valence-corrected chi connectivity index (χ3v) is 11.4. The van der Waals surface area contributed by atoms with Crippen molar-refractivity contribution in [1.82, 2.24) is 0 Å². The molecule has 11 rings (SSSR count). The summed E-state index contributed by atoms with van der Waals surface area (Å²) in [4.78, 5) is 2.41. The molecule has 2 nitrogen and oxygen atoms in total. The van der Waals surface area contributed by atoms with Crippen LogP contribution in [0.4, 0.5) is 17.1 Å². The van der Waals surface area contributed by atoms with Gasteiger partial charge in [0.15, 0.2) is 0 Å². The number of nitrogens with zero attached hydrogens (tertiary/aromatic N) is 1. The van der Waals surface area contributed by atoms with Crippen LogP contribution in [0.15, 0.2) is 168 Å². The van der Waals surface area contributed by atoms with Crippen LogP contribution in [0.1, 0.15) is 25.0 Å². The lowest BCUT2D eigenvalue weighted by Gasteiger charge is -2.27. The fourth-order valence-electron chi connectivity index (χ4n) is 8.92. The van der Waals surface area contributed by atoms with E-state index in [1.807, 2.05) is 6.07 Å². The molecule has 1 aliphatic rings. The van der Waals surface area contributed by atoms with E-state index >= 15 is 0 Å². The van der Waals surface area contributed by atoms with Gasteiger partial charge in [-0.05, 0) is 108 Å². The van der Waals surface area contributed by atoms with Gasteiger partial charge in [0.25, 0.3) is 0 Å². The van der Waals surface area contributed by atoms with Crippen molar-refractivity contribution >= 4 is 82.1 Å². The van der Waals surface area contributed by atoms with Crippen molar-refractivity contribution < 1.29 is 4.42 Å². The first kappa shape index (κ1) is 28.5. The molecule has 9 aromatic carbocycles. The highest BCUT2D eigenvalue weighted by Gasteiger charge is 2.35. The van der Waals surface area contributed by atoms with Crippen molar-refractivity contribution in [3.63, 3.8) is 0 Å². The van der Waals surface area contributed by atoms with E-state index in [2.05, 4.69) is 176 Å². The van der Waals surface area contributed by atoms with Gasteiger partial charge >= 0.3 is 0 Å². The van der Waals surface area contributed by atoms with Gasteiger partial charge in [-0.2, -0.15) is 0 Å². The highest BCUT2D eigenvalue weighted by molar-refractivity contribution is 6.27. The molecule has 2 heteroatoms. The van der Waals surface area contributed by atoms with Crippen molar-refractivity contribution in [2.24, 2.45) is 0 Å². The maximum Gasteiger partial charge on any atom is 0.137 e. The van der Waals surface area contributed by atoms with Crippen LogP contribution < -0.4 is 4.90 Å². The fraction of sp³-hybridized carbons (Fsp3) is 0.0612. The number of hydrogen-bond acceptors (Lipinski definition) is 2. The lowest BCUT2D eigenvalue weighted by atomic mass is 9.82. The van der Waals surface area contributed by atoms with Crippen LogP contribution in [0.5, 0.6) is 0 Å². The Morgan fingerprint density at radius 2 is 0.941 bits per heavy atom. The van der Waals surface area contributed by atoms with Gasteiger partial charge in [0.1, 0.15) is 11.2 Å². The Morgan fingerprint density at radius 3 is 1.78 bits per heavy atom. The van der Waals surface area contributed by atoms with E-state index in [-0.39, 0.29) is 5.41 Å². The van der Waals surface area contributed by atoms with Gasteiger partial charge in [-0.3, -0.25) is 0 Å². The zero-order valence-electron chi connectivity index (χ0n) is 28.4. The van der Waals surface area contributed by atoms with Crippen molar-refractivity contribution in [2.45, 2.75) is 19.3 Å². The van der Waals surface area contributed by atoms with E-state index in [0.29, 0.717) is 0 Å². The van der Waals surface area contributed by atoms with Gasteiger partial charge in [-0.1, -0.05) is 129 Å². The number of furan rings is 1. The minimum atomic E-state index is -0.0613. The molecule has 240 valence electrons. The maximum atomic E-state index is 6.45. The van der Waals surface area contributed by atoms with Crippen LogP contribution in [0.2, 0.25) is 0 Å². The molecule has 0 N–H and O–H groups in total. The van der Waals surface area contributed by atoms with E-state index in [1.165, 1.54) is 65.3 Å². The quantitative estimate of drug-likeness (QED) is 0.177. The summed E-state index contributed by atoms with van der Waals surface area (Å²) in [5.74, 6) is 0. The lowest BCUT2D eigenvalue weighted by Crippen LogP contribution is -2.15. The average Bonchev–Trinajstić information content (AvgIpc) is 3.65. The number of benzene rings is 9. The van der Waals surface area contributed by atoms with E-state index in [9.17, 15) is 0 Å². The minimum absolute atomic E-state index is 0.0613. The molecule has 1 aromatic heterocycles. The molecule has 51 heavy (non-hydrogen) atoms. The average molecular weight is 652 g/mol. The molecule has 0 amide bonds. The molecule has 0 fully saturated rings. The summed E-state index contributed by atoms with van der Waals surface area (Å²) in [6, 6.07) is 60.1. The van der Waals surface area contributed by atoms with Gasteiger partial charge in [-0.15, -0.1) is 0 Å². The fourth-order valence-corrected chi connectivity index (χ4v) is 8.92. The number of hydrogen-bond donors (Lipinski definition) is 0. The first-order chi connectivity index (χ1) is 25.0. The Balaban J connectivity index is 1.20. The zero-order valence-corrected chi connectivity index (χ0v) is 28.4. The smallest absolute Gasteiger partial charge is 0.137 e. The molecule has 1 aliphatic carbocycles. The first-order valence-electron chi connectivity index (χ1n) is 17.8. The van der Waals surface area contributed by atoms with Crippen molar-refractivity contribution in [3.05, 3.63) is 175 Å². The molecule has 0 saturated heterocycles. The SMILES string of the molecule is CC1(C)c2ccccc2-c2cc(N(c3ccc4c(c3)oc3ccccc34)c3ccc4ccc5ccc6ccc7ccccc7c6c5c4c3)ccc21. The van der Waals surface area contributed by atoms with E-state index in [0.717, 1.165) is 39.0 Å². The standard InChI is InChI=1S/C49H33NO/c1-49(2)43-13-7-5-11-38(43)42-28-35(24-26-44(42)49)50(36-23-25-40-39-12-6-8-14-45(39)51-46(40)29-36)34-22-21-31-16-18-33-20-19-32-17-15-30-9-3-4-10-37(30)47(32)48(33)41(31)27-34/h3-29H,1-2H3. The Kier molecular flexibility index (Phi) is 5.76. The molecule has 0 aliphatic heterocycles. The summed E-state index contributed by atoms with van der Waals surface area (Å²) in [6.45, 7) is 4.68. The van der Waals surface area contributed by atoms with E-state index < -0.39 is 0 Å². The molecule has 1 heterocycles. The molecular weight excluding hydrogens is 619 g/mol. The molecule has 0 bridgehead atoms. The van der Waals surface area contributed by atoms with Gasteiger partial charge in [0.05, 0.1) is 0 Å². The third kappa shape index (κ3) is 4.05. The van der Waals surface area contributed by atoms with E-state index in [1.54, 1.807) is 0 Å². The Labute approximate surface area is 295 Å². The zero-order chi connectivity index (χ0) is 33.8. The topological polar surface area (TPSA) is 16.4 Å². The summed E-state index contributed by atoms with van der Waals surface area (Å²) < 4.78 is 6.45. The molecule has 0 radical (unpaired) electrons. The summed E-state index contributed by atoms with van der Waals surface area (Å²) in [5, 5.41) is 12.4. The number of anilines is 3. The van der Waals surface area contributed by atoms with Crippen LogP contribution in [0.3, 0.4) is 0 Å². The van der Waals surface area contributed by atoms with Crippen LogP contribution >= 0.6 is 0 Å². The van der Waals surface area contributed by atoms with Crippen LogP contribution in [0.25, 0.3) is 76.2 Å². The summed E-state index contributed by atoms with van der Waals surface area (Å²) >= 11 is 0. The number of rotatable bonds is 3. The predicted molar refractivity (Wildman–Crippen MR) is 216 cm³/mol. The summed E-state index contributed by atoms with van der Waals surface area (Å²) in [6.07, 6.45) is 0. The molecule has 0 saturated carbocycles. The molecule has 0 unspecified atom stereocenters. The van der Waals surface area contributed by atoms with Crippen molar-refractivity contribution in [3.8, 4) is 11.1 Å².